The zero-order chi connectivity index (χ0) is 16.7. The average Bonchev–Trinajstić information content (AvgIpc) is 3.11. The van der Waals surface area contributed by atoms with Gasteiger partial charge in [0.05, 0.1) is 6.26 Å². The van der Waals surface area contributed by atoms with Gasteiger partial charge in [0.1, 0.15) is 18.1 Å². The van der Waals surface area contributed by atoms with Crippen LogP contribution in [-0.2, 0) is 9.59 Å². The molecule has 0 aliphatic carbocycles. The fraction of sp³-hybridized carbons (Fsp3) is 0.118. The second-order valence-electron chi connectivity index (χ2n) is 4.72. The summed E-state index contributed by atoms with van der Waals surface area (Å²) in [6, 6.07) is 10.8. The van der Waals surface area contributed by atoms with Gasteiger partial charge in [-0.3, -0.25) is 9.69 Å². The zero-order valence-electron chi connectivity index (χ0n) is 12.5. The van der Waals surface area contributed by atoms with E-state index in [2.05, 4.69) is 5.32 Å². The zero-order valence-corrected chi connectivity index (χ0v) is 12.5. The summed E-state index contributed by atoms with van der Waals surface area (Å²) in [6.45, 7) is 0. The molecule has 23 heavy (non-hydrogen) atoms. The normalized spacial score (nSPS) is 11.9. The molecule has 0 bridgehead atoms. The van der Waals surface area contributed by atoms with Gasteiger partial charge in [-0.25, -0.2) is 4.79 Å². The Bertz CT molecular complexity index is 693. The molecule has 0 aliphatic rings. The van der Waals surface area contributed by atoms with Gasteiger partial charge in [-0.1, -0.05) is 30.3 Å². The lowest BCUT2D eigenvalue weighted by Crippen LogP contribution is -2.42. The number of amides is 3. The quantitative estimate of drug-likeness (QED) is 0.679. The molecule has 0 radical (unpaired) electrons. The van der Waals surface area contributed by atoms with Gasteiger partial charge in [0.15, 0.2) is 0 Å². The van der Waals surface area contributed by atoms with Crippen LogP contribution in [0.4, 0.5) is 4.79 Å². The lowest BCUT2D eigenvalue weighted by Gasteiger charge is -2.17. The number of imide groups is 1. The van der Waals surface area contributed by atoms with Crippen LogP contribution in [0, 0.1) is 0 Å². The lowest BCUT2D eigenvalue weighted by atomic mass is 10.2. The van der Waals surface area contributed by atoms with E-state index in [1.54, 1.807) is 18.2 Å². The minimum absolute atomic E-state index is 0.300. The van der Waals surface area contributed by atoms with Crippen molar-refractivity contribution in [3.8, 4) is 0 Å². The van der Waals surface area contributed by atoms with Crippen LogP contribution in [0.1, 0.15) is 17.4 Å². The summed E-state index contributed by atoms with van der Waals surface area (Å²) in [4.78, 5) is 35.9. The first-order chi connectivity index (χ1) is 11.1. The van der Waals surface area contributed by atoms with Crippen LogP contribution in [0.5, 0.6) is 0 Å². The first-order valence-corrected chi connectivity index (χ1v) is 6.92. The highest BCUT2D eigenvalue weighted by molar-refractivity contribution is 6.02. The second kappa shape index (κ2) is 7.74. The molecule has 1 unspecified atom stereocenters. The van der Waals surface area contributed by atoms with Crippen LogP contribution in [0.15, 0.2) is 59.2 Å². The standard InChI is InChI=1S/C17H16N2O4/c1-19(16(21)10-9-13-6-3-2-4-7-13)17(22)18-14(12-20)15-8-5-11-23-15/h2-12,14H,1H3,(H,18,22)/b10-9+. The van der Waals surface area contributed by atoms with E-state index in [0.29, 0.717) is 12.0 Å². The predicted molar refractivity (Wildman–Crippen MR) is 84.3 cm³/mol. The highest BCUT2D eigenvalue weighted by atomic mass is 16.3. The number of carbonyl (C=O) groups excluding carboxylic acids is 3. The summed E-state index contributed by atoms with van der Waals surface area (Å²) in [5.41, 5.74) is 0.844. The predicted octanol–water partition coefficient (Wildman–Crippen LogP) is 2.40. The van der Waals surface area contributed by atoms with E-state index in [4.69, 9.17) is 4.42 Å². The summed E-state index contributed by atoms with van der Waals surface area (Å²) >= 11 is 0. The number of hydrogen-bond acceptors (Lipinski definition) is 4. The first kappa shape index (κ1) is 16.2. The number of carbonyl (C=O) groups is 3. The van der Waals surface area contributed by atoms with Crippen LogP contribution in [-0.4, -0.2) is 30.2 Å². The fourth-order valence-electron chi connectivity index (χ4n) is 1.81. The number of nitrogens with zero attached hydrogens (tertiary/aromatic N) is 1. The van der Waals surface area contributed by atoms with Crippen molar-refractivity contribution in [2.75, 3.05) is 7.05 Å². The molecular weight excluding hydrogens is 296 g/mol. The van der Waals surface area contributed by atoms with Crippen LogP contribution in [0.25, 0.3) is 6.08 Å². The topological polar surface area (TPSA) is 79.6 Å². The molecule has 1 N–H and O–H groups in total. The SMILES string of the molecule is CN(C(=O)/C=C/c1ccccc1)C(=O)NC(C=O)c1ccco1. The Morgan fingerprint density at radius 3 is 2.52 bits per heavy atom. The van der Waals surface area contributed by atoms with Gasteiger partial charge in [0.2, 0.25) is 0 Å². The Labute approximate surface area is 133 Å². The molecule has 0 saturated heterocycles. The largest absolute Gasteiger partial charge is 0.467 e. The Morgan fingerprint density at radius 1 is 1.17 bits per heavy atom. The van der Waals surface area contributed by atoms with Crippen molar-refractivity contribution in [2.45, 2.75) is 6.04 Å². The molecular formula is C17H16N2O4. The number of likely N-dealkylation sites (N-methyl/N-ethyl adjacent to an activating group) is 1. The number of rotatable bonds is 5. The maximum Gasteiger partial charge on any atom is 0.325 e. The Kier molecular flexibility index (Phi) is 5.46. The Hall–Kier alpha value is -3.15. The fourth-order valence-corrected chi connectivity index (χ4v) is 1.81. The maximum absolute atomic E-state index is 12.0. The van der Waals surface area contributed by atoms with Gasteiger partial charge >= 0.3 is 6.03 Å². The monoisotopic (exact) mass is 312 g/mol. The van der Waals surface area contributed by atoms with E-state index >= 15 is 0 Å². The van der Waals surface area contributed by atoms with E-state index in [0.717, 1.165) is 10.5 Å². The third-order valence-electron chi connectivity index (χ3n) is 3.12. The van der Waals surface area contributed by atoms with E-state index in [1.807, 2.05) is 30.3 Å². The second-order valence-corrected chi connectivity index (χ2v) is 4.72. The van der Waals surface area contributed by atoms with Gasteiger partial charge in [-0.05, 0) is 23.8 Å². The van der Waals surface area contributed by atoms with Gasteiger partial charge in [0, 0.05) is 13.1 Å². The summed E-state index contributed by atoms with van der Waals surface area (Å²) in [6.07, 6.45) is 4.83. The third kappa shape index (κ3) is 4.41. The summed E-state index contributed by atoms with van der Waals surface area (Å²) in [7, 11) is 1.33. The summed E-state index contributed by atoms with van der Waals surface area (Å²) < 4.78 is 5.07. The molecule has 6 nitrogen and oxygen atoms in total. The van der Waals surface area contributed by atoms with Crippen LogP contribution >= 0.6 is 0 Å². The summed E-state index contributed by atoms with van der Waals surface area (Å²) in [5, 5.41) is 2.42. The molecule has 2 aromatic rings. The number of furan rings is 1. The maximum atomic E-state index is 12.0. The van der Waals surface area contributed by atoms with E-state index in [1.165, 1.54) is 19.4 Å². The Morgan fingerprint density at radius 2 is 1.91 bits per heavy atom. The van der Waals surface area contributed by atoms with Gasteiger partial charge in [0.25, 0.3) is 5.91 Å². The molecule has 2 rings (SSSR count). The molecule has 3 amide bonds. The molecule has 1 heterocycles. The molecule has 6 heteroatoms. The van der Waals surface area contributed by atoms with Crippen molar-refractivity contribution in [3.05, 3.63) is 66.1 Å². The smallest absolute Gasteiger partial charge is 0.325 e. The number of nitrogens with one attached hydrogen (secondary N) is 1. The van der Waals surface area contributed by atoms with Crippen molar-refractivity contribution in [3.63, 3.8) is 0 Å². The van der Waals surface area contributed by atoms with Crippen LogP contribution in [0.3, 0.4) is 0 Å². The number of benzene rings is 1. The third-order valence-corrected chi connectivity index (χ3v) is 3.12. The number of urea groups is 1. The van der Waals surface area contributed by atoms with Crippen molar-refractivity contribution in [1.82, 2.24) is 10.2 Å². The molecule has 1 aromatic heterocycles. The molecule has 0 saturated carbocycles. The van der Waals surface area contributed by atoms with Gasteiger partial charge in [-0.15, -0.1) is 0 Å². The minimum atomic E-state index is -0.939. The molecule has 0 spiro atoms. The number of hydrogen-bond donors (Lipinski definition) is 1. The average molecular weight is 312 g/mol. The minimum Gasteiger partial charge on any atom is -0.467 e. The molecule has 0 fully saturated rings. The van der Waals surface area contributed by atoms with Gasteiger partial charge in [-0.2, -0.15) is 0 Å². The first-order valence-electron chi connectivity index (χ1n) is 6.92. The van der Waals surface area contributed by atoms with E-state index < -0.39 is 18.0 Å². The highest BCUT2D eigenvalue weighted by Gasteiger charge is 2.21. The Balaban J connectivity index is 1.97. The molecule has 1 aromatic carbocycles. The van der Waals surface area contributed by atoms with E-state index in [-0.39, 0.29) is 0 Å². The van der Waals surface area contributed by atoms with Crippen LogP contribution in [0.2, 0.25) is 0 Å². The lowest BCUT2D eigenvalue weighted by molar-refractivity contribution is -0.122. The molecule has 118 valence electrons. The molecule has 0 aliphatic heterocycles. The number of aldehydes is 1. The highest BCUT2D eigenvalue weighted by Crippen LogP contribution is 2.11. The van der Waals surface area contributed by atoms with E-state index in [9.17, 15) is 14.4 Å². The van der Waals surface area contributed by atoms with Crippen molar-refractivity contribution in [2.24, 2.45) is 0 Å². The van der Waals surface area contributed by atoms with Crippen LogP contribution < -0.4 is 5.32 Å². The van der Waals surface area contributed by atoms with Crippen molar-refractivity contribution in [1.29, 1.82) is 0 Å². The van der Waals surface area contributed by atoms with Gasteiger partial charge < -0.3 is 14.5 Å². The van der Waals surface area contributed by atoms with Crippen molar-refractivity contribution < 1.29 is 18.8 Å². The summed E-state index contributed by atoms with van der Waals surface area (Å²) in [5.74, 6) is -0.204. The van der Waals surface area contributed by atoms with Crippen molar-refractivity contribution >= 4 is 24.3 Å². The molecule has 1 atom stereocenters.